The van der Waals surface area contributed by atoms with Crippen molar-refractivity contribution in [3.63, 3.8) is 0 Å². The second-order valence-electron chi connectivity index (χ2n) is 3.05. The lowest BCUT2D eigenvalue weighted by Crippen LogP contribution is -1.96. The average molecular weight is 213 g/mol. The molecule has 0 radical (unpaired) electrons. The van der Waals surface area contributed by atoms with Gasteiger partial charge in [0.1, 0.15) is 6.29 Å². The number of hydrogen-bond acceptors (Lipinski definition) is 2. The number of benzene rings is 1. The van der Waals surface area contributed by atoms with Gasteiger partial charge in [0, 0.05) is 18.6 Å². The molecular formula is C11H13ClO2. The summed E-state index contributed by atoms with van der Waals surface area (Å²) >= 11 is 5.86. The summed E-state index contributed by atoms with van der Waals surface area (Å²) in [7, 11) is 1.64. The fourth-order valence-electron chi connectivity index (χ4n) is 1.34. The summed E-state index contributed by atoms with van der Waals surface area (Å²) < 4.78 is 5.06. The molecule has 0 amide bonds. The number of aldehydes is 1. The number of methoxy groups -OCH3 is 1. The predicted molar refractivity (Wildman–Crippen MR) is 56.6 cm³/mol. The normalized spacial score (nSPS) is 10.1. The van der Waals surface area contributed by atoms with Gasteiger partial charge in [-0.2, -0.15) is 0 Å². The summed E-state index contributed by atoms with van der Waals surface area (Å²) in [6.07, 6.45) is 2.21. The number of carbonyl (C=O) groups is 1. The molecule has 76 valence electrons. The Bertz CT molecular complexity index is 310. The molecular weight excluding hydrogens is 200 g/mol. The lowest BCUT2D eigenvalue weighted by Gasteiger charge is -2.07. The molecule has 0 N–H and O–H groups in total. The van der Waals surface area contributed by atoms with Gasteiger partial charge in [-0.25, -0.2) is 0 Å². The van der Waals surface area contributed by atoms with Gasteiger partial charge in [-0.1, -0.05) is 17.7 Å². The van der Waals surface area contributed by atoms with Gasteiger partial charge in [-0.15, -0.1) is 0 Å². The molecule has 1 aromatic rings. The number of carbonyl (C=O) groups excluding carboxylic acids is 1. The topological polar surface area (TPSA) is 26.3 Å². The van der Waals surface area contributed by atoms with Crippen LogP contribution in [0, 0.1) is 0 Å². The number of hydrogen-bond donors (Lipinski definition) is 0. The quantitative estimate of drug-likeness (QED) is 0.702. The van der Waals surface area contributed by atoms with Crippen LogP contribution in [0.15, 0.2) is 18.2 Å². The van der Waals surface area contributed by atoms with E-state index in [0.29, 0.717) is 18.1 Å². The van der Waals surface area contributed by atoms with E-state index in [9.17, 15) is 4.79 Å². The standard InChI is InChI=1S/C11H13ClO2/c1-14-8-10-7-11(12)5-4-9(10)3-2-6-13/h4-7H,2-3,8H2,1H3. The summed E-state index contributed by atoms with van der Waals surface area (Å²) in [6.45, 7) is 0.536. The fourth-order valence-corrected chi connectivity index (χ4v) is 1.54. The third-order valence-electron chi connectivity index (χ3n) is 2.00. The molecule has 0 aromatic heterocycles. The largest absolute Gasteiger partial charge is 0.380 e. The third kappa shape index (κ3) is 3.13. The summed E-state index contributed by atoms with van der Waals surface area (Å²) in [5.41, 5.74) is 2.19. The Labute approximate surface area is 88.8 Å². The van der Waals surface area contributed by atoms with Crippen molar-refractivity contribution in [3.8, 4) is 0 Å². The number of ether oxygens (including phenoxy) is 1. The van der Waals surface area contributed by atoms with Crippen molar-refractivity contribution >= 4 is 17.9 Å². The molecule has 0 aliphatic heterocycles. The first-order chi connectivity index (χ1) is 6.77. The van der Waals surface area contributed by atoms with Gasteiger partial charge in [0.25, 0.3) is 0 Å². The highest BCUT2D eigenvalue weighted by molar-refractivity contribution is 6.30. The van der Waals surface area contributed by atoms with Crippen molar-refractivity contribution in [2.24, 2.45) is 0 Å². The van der Waals surface area contributed by atoms with Gasteiger partial charge in [-0.3, -0.25) is 0 Å². The van der Waals surface area contributed by atoms with E-state index in [1.165, 1.54) is 0 Å². The van der Waals surface area contributed by atoms with Gasteiger partial charge >= 0.3 is 0 Å². The van der Waals surface area contributed by atoms with Crippen LogP contribution in [0.5, 0.6) is 0 Å². The molecule has 0 aliphatic rings. The maximum atomic E-state index is 10.3. The monoisotopic (exact) mass is 212 g/mol. The Morgan fingerprint density at radius 2 is 2.21 bits per heavy atom. The zero-order valence-corrected chi connectivity index (χ0v) is 8.88. The molecule has 1 rings (SSSR count). The van der Waals surface area contributed by atoms with E-state index in [1.54, 1.807) is 7.11 Å². The smallest absolute Gasteiger partial charge is 0.120 e. The van der Waals surface area contributed by atoms with Crippen LogP contribution in [-0.2, 0) is 22.6 Å². The molecule has 0 atom stereocenters. The minimum Gasteiger partial charge on any atom is -0.380 e. The highest BCUT2D eigenvalue weighted by Gasteiger charge is 2.02. The van der Waals surface area contributed by atoms with Crippen LogP contribution in [0.4, 0.5) is 0 Å². The molecule has 0 saturated heterocycles. The van der Waals surface area contributed by atoms with Crippen molar-refractivity contribution in [1.29, 1.82) is 0 Å². The Morgan fingerprint density at radius 1 is 1.43 bits per heavy atom. The lowest BCUT2D eigenvalue weighted by molar-refractivity contribution is -0.107. The first kappa shape index (κ1) is 11.2. The minimum atomic E-state index is 0.536. The number of halogens is 1. The Balaban J connectivity index is 2.83. The van der Waals surface area contributed by atoms with E-state index in [2.05, 4.69) is 0 Å². The van der Waals surface area contributed by atoms with Crippen LogP contribution in [-0.4, -0.2) is 13.4 Å². The molecule has 14 heavy (non-hydrogen) atoms. The van der Waals surface area contributed by atoms with Gasteiger partial charge in [0.2, 0.25) is 0 Å². The van der Waals surface area contributed by atoms with Crippen molar-refractivity contribution < 1.29 is 9.53 Å². The third-order valence-corrected chi connectivity index (χ3v) is 2.23. The van der Waals surface area contributed by atoms with Crippen molar-refractivity contribution in [1.82, 2.24) is 0 Å². The molecule has 3 heteroatoms. The average Bonchev–Trinajstić information content (AvgIpc) is 2.17. The summed E-state index contributed by atoms with van der Waals surface area (Å²) in [4.78, 5) is 10.3. The van der Waals surface area contributed by atoms with Crippen LogP contribution in [0.25, 0.3) is 0 Å². The van der Waals surface area contributed by atoms with Gasteiger partial charge in [0.15, 0.2) is 0 Å². The van der Waals surface area contributed by atoms with Crippen molar-refractivity contribution in [3.05, 3.63) is 34.3 Å². The Hall–Kier alpha value is -0.860. The van der Waals surface area contributed by atoms with E-state index in [1.807, 2.05) is 18.2 Å². The van der Waals surface area contributed by atoms with Crippen LogP contribution < -0.4 is 0 Å². The number of aryl methyl sites for hydroxylation is 1. The van der Waals surface area contributed by atoms with Gasteiger partial charge in [0.05, 0.1) is 6.61 Å². The van der Waals surface area contributed by atoms with Crippen molar-refractivity contribution in [2.75, 3.05) is 7.11 Å². The number of rotatable bonds is 5. The predicted octanol–water partition coefficient (Wildman–Crippen LogP) is 2.62. The summed E-state index contributed by atoms with van der Waals surface area (Å²) in [5.74, 6) is 0. The van der Waals surface area contributed by atoms with Crippen molar-refractivity contribution in [2.45, 2.75) is 19.4 Å². The first-order valence-corrected chi connectivity index (χ1v) is 4.85. The molecule has 0 fully saturated rings. The second kappa shape index (κ2) is 5.78. The molecule has 1 aromatic carbocycles. The van der Waals surface area contributed by atoms with E-state index in [-0.39, 0.29) is 0 Å². The molecule has 0 spiro atoms. The SMILES string of the molecule is COCc1cc(Cl)ccc1CCC=O. The van der Waals surface area contributed by atoms with Crippen LogP contribution in [0.3, 0.4) is 0 Å². The molecule has 0 heterocycles. The van der Waals surface area contributed by atoms with E-state index < -0.39 is 0 Å². The van der Waals surface area contributed by atoms with E-state index in [4.69, 9.17) is 16.3 Å². The zero-order valence-electron chi connectivity index (χ0n) is 8.13. The summed E-state index contributed by atoms with van der Waals surface area (Å²) in [5, 5.41) is 0.701. The minimum absolute atomic E-state index is 0.536. The maximum Gasteiger partial charge on any atom is 0.120 e. The van der Waals surface area contributed by atoms with Crippen LogP contribution in [0.1, 0.15) is 17.5 Å². The Morgan fingerprint density at radius 3 is 2.86 bits per heavy atom. The molecule has 0 aliphatic carbocycles. The lowest BCUT2D eigenvalue weighted by atomic mass is 10.0. The first-order valence-electron chi connectivity index (χ1n) is 4.47. The molecule has 2 nitrogen and oxygen atoms in total. The zero-order chi connectivity index (χ0) is 10.4. The molecule has 0 saturated carbocycles. The highest BCUT2D eigenvalue weighted by atomic mass is 35.5. The molecule has 0 unspecified atom stereocenters. The second-order valence-corrected chi connectivity index (χ2v) is 3.49. The van der Waals surface area contributed by atoms with Crippen LogP contribution in [0.2, 0.25) is 5.02 Å². The van der Waals surface area contributed by atoms with Gasteiger partial charge < -0.3 is 9.53 Å². The van der Waals surface area contributed by atoms with E-state index >= 15 is 0 Å². The van der Waals surface area contributed by atoms with E-state index in [0.717, 1.165) is 23.8 Å². The van der Waals surface area contributed by atoms with Gasteiger partial charge in [-0.05, 0) is 29.7 Å². The Kier molecular flexibility index (Phi) is 4.63. The fraction of sp³-hybridized carbons (Fsp3) is 0.364. The molecule has 0 bridgehead atoms. The maximum absolute atomic E-state index is 10.3. The highest BCUT2D eigenvalue weighted by Crippen LogP contribution is 2.18. The summed E-state index contributed by atoms with van der Waals surface area (Å²) in [6, 6.07) is 5.66. The van der Waals surface area contributed by atoms with Crippen LogP contribution >= 0.6 is 11.6 Å².